The second-order valence-corrected chi connectivity index (χ2v) is 25.8. The number of unbranched alkanes of at least 4 members (excludes halogenated alkanes) is 30. The lowest BCUT2D eigenvalue weighted by molar-refractivity contribution is -0.295. The Morgan fingerprint density at radius 3 is 1.52 bits per heavy atom. The SMILES string of the molecule is CCCCCC/C=C\CCCCCCCCCC(=O)NC1C(OC[C@H]2OC(OP(=O)(O)O)C(NC(=O)CC(=O)CCCCCCCCCCC)C(OCCCCCCCCCC)C2O)O[C@H](COC)C(C)C1OCCC(CCCCCCC)OC. The molecule has 0 aromatic carbocycles. The monoisotopic (exact) mass is 1230 g/mol. The lowest BCUT2D eigenvalue weighted by Gasteiger charge is -2.47. The number of phosphoric ester groups is 1. The third-order valence-corrected chi connectivity index (χ3v) is 17.5. The summed E-state index contributed by atoms with van der Waals surface area (Å²) < 4.78 is 62.0. The van der Waals surface area contributed by atoms with Crippen molar-refractivity contribution in [2.24, 2.45) is 5.92 Å². The van der Waals surface area contributed by atoms with Crippen LogP contribution in [0.2, 0.25) is 0 Å². The van der Waals surface area contributed by atoms with Crippen LogP contribution < -0.4 is 10.6 Å². The number of hydrogen-bond donors (Lipinski definition) is 5. The lowest BCUT2D eigenvalue weighted by atomic mass is 9.88. The van der Waals surface area contributed by atoms with Gasteiger partial charge in [0, 0.05) is 46.2 Å². The van der Waals surface area contributed by atoms with E-state index in [9.17, 15) is 33.8 Å². The molecule has 18 heteroatoms. The van der Waals surface area contributed by atoms with E-state index in [-0.39, 0.29) is 43.3 Å². The number of ether oxygens (including phenoxy) is 7. The second-order valence-electron chi connectivity index (χ2n) is 24.6. The first-order valence-electron chi connectivity index (χ1n) is 34.6. The molecule has 2 rings (SSSR count). The molecule has 2 amide bonds. The Kier molecular flexibility index (Phi) is 48.3. The quantitative estimate of drug-likeness (QED) is 0.0165. The van der Waals surface area contributed by atoms with E-state index in [1.54, 1.807) is 14.2 Å². The highest BCUT2D eigenvalue weighted by Gasteiger charge is 2.51. The molecule has 0 bridgehead atoms. The van der Waals surface area contributed by atoms with Crippen LogP contribution in [0.5, 0.6) is 0 Å². The molecule has 0 aromatic heterocycles. The molecule has 0 saturated carbocycles. The predicted octanol–water partition coefficient (Wildman–Crippen LogP) is 14.8. The molecule has 5 N–H and O–H groups in total. The molecule has 2 heterocycles. The van der Waals surface area contributed by atoms with Crippen molar-refractivity contribution in [3.63, 3.8) is 0 Å². The number of aliphatic hydroxyl groups excluding tert-OH is 1. The fraction of sp³-hybridized carbons (Fsp3) is 0.925. The fourth-order valence-electron chi connectivity index (χ4n) is 11.7. The first-order valence-corrected chi connectivity index (χ1v) is 36.1. The standard InChI is InChI=1S/C67H127N2O15P/c1-8-12-16-20-23-26-27-28-29-30-31-33-35-39-43-47-59(71)68-61-64(80-50-48-56(78-7)46-42-37-19-15-11-4)54(5)57(52-77-6)82-66(61)81-53-58-63(73)65(79-49-44-40-36-25-22-18-14-10-3)62(67(83-58)84-85(74,75)76)69-60(72)51-55(70)45-41-38-34-32-24-21-17-13-9-2/h26-27,54,56-58,61-67,73H,8-25,28-53H2,1-7H3,(H,68,71)(H,69,72)(H2,74,75,76)/b27-26-/t54?,56?,57-,58-,61?,62?,63?,64?,65?,66?,67?/m1/s1. The van der Waals surface area contributed by atoms with Gasteiger partial charge in [-0.1, -0.05) is 227 Å². The Hall–Kier alpha value is -1.86. The Labute approximate surface area is 517 Å². The molecule has 9 unspecified atom stereocenters. The Bertz CT molecular complexity index is 1710. The predicted molar refractivity (Wildman–Crippen MR) is 339 cm³/mol. The van der Waals surface area contributed by atoms with Crippen molar-refractivity contribution in [3.8, 4) is 0 Å². The van der Waals surface area contributed by atoms with Crippen LogP contribution in [0.1, 0.15) is 291 Å². The Morgan fingerprint density at radius 1 is 0.518 bits per heavy atom. The second kappa shape index (κ2) is 51.8. The van der Waals surface area contributed by atoms with Crippen LogP contribution in [-0.2, 0) is 56.6 Å². The van der Waals surface area contributed by atoms with E-state index < -0.39 is 81.9 Å². The zero-order chi connectivity index (χ0) is 62.2. The summed E-state index contributed by atoms with van der Waals surface area (Å²) in [5, 5.41) is 18.2. The maximum Gasteiger partial charge on any atom is 0.472 e. The van der Waals surface area contributed by atoms with Crippen molar-refractivity contribution in [3.05, 3.63) is 12.2 Å². The third-order valence-electron chi connectivity index (χ3n) is 17.0. The number of carbonyl (C=O) groups excluding carboxylic acids is 3. The minimum Gasteiger partial charge on any atom is -0.388 e. The largest absolute Gasteiger partial charge is 0.472 e. The Balaban J connectivity index is 2.33. The average molecular weight is 1230 g/mol. The molecule has 85 heavy (non-hydrogen) atoms. The summed E-state index contributed by atoms with van der Waals surface area (Å²) in [6.07, 6.45) is 36.5. The highest BCUT2D eigenvalue weighted by atomic mass is 31.2. The van der Waals surface area contributed by atoms with Gasteiger partial charge >= 0.3 is 7.82 Å². The zero-order valence-corrected chi connectivity index (χ0v) is 55.7. The summed E-state index contributed by atoms with van der Waals surface area (Å²) in [7, 11) is -1.99. The highest BCUT2D eigenvalue weighted by Crippen LogP contribution is 2.41. The Morgan fingerprint density at radius 2 is 0.976 bits per heavy atom. The van der Waals surface area contributed by atoms with Gasteiger partial charge in [0.1, 0.15) is 36.2 Å². The third kappa shape index (κ3) is 38.4. The first kappa shape index (κ1) is 79.2. The average Bonchev–Trinajstić information content (AvgIpc) is 2.88. The van der Waals surface area contributed by atoms with Crippen LogP contribution in [-0.4, -0.2) is 134 Å². The number of ketones is 1. The van der Waals surface area contributed by atoms with E-state index in [2.05, 4.69) is 50.5 Å². The number of aliphatic hydroxyl groups is 1. The maximum atomic E-state index is 14.0. The van der Waals surface area contributed by atoms with E-state index in [4.69, 9.17) is 37.7 Å². The molecule has 17 nitrogen and oxygen atoms in total. The van der Waals surface area contributed by atoms with Gasteiger partial charge in [-0.05, 0) is 57.8 Å². The molecule has 0 aromatic rings. The van der Waals surface area contributed by atoms with Crippen molar-refractivity contribution in [1.29, 1.82) is 0 Å². The number of rotatable bonds is 57. The van der Waals surface area contributed by atoms with Gasteiger partial charge in [0.15, 0.2) is 12.6 Å². The maximum absolute atomic E-state index is 14.0. The number of carbonyl (C=O) groups is 3. The number of methoxy groups -OCH3 is 2. The molecule has 500 valence electrons. The highest BCUT2D eigenvalue weighted by molar-refractivity contribution is 7.46. The van der Waals surface area contributed by atoms with E-state index in [1.165, 1.54) is 116 Å². The van der Waals surface area contributed by atoms with Crippen molar-refractivity contribution >= 4 is 25.4 Å². The number of Topliss-reactive ketones (excluding diaryl/α,β-unsaturated/α-hetero) is 1. The molecule has 2 aliphatic rings. The number of amides is 2. The topological polar surface area (TPSA) is 227 Å². The number of phosphoric acid groups is 1. The molecule has 11 atom stereocenters. The molecule has 0 spiro atoms. The van der Waals surface area contributed by atoms with Crippen LogP contribution in [0.3, 0.4) is 0 Å². The molecule has 0 radical (unpaired) electrons. The summed E-state index contributed by atoms with van der Waals surface area (Å²) >= 11 is 0. The van der Waals surface area contributed by atoms with Gasteiger partial charge in [-0.15, -0.1) is 0 Å². The molecule has 0 aliphatic carbocycles. The van der Waals surface area contributed by atoms with Crippen molar-refractivity contribution in [2.45, 2.75) is 353 Å². The van der Waals surface area contributed by atoms with Crippen LogP contribution in [0.15, 0.2) is 12.2 Å². The molecule has 2 fully saturated rings. The van der Waals surface area contributed by atoms with Gasteiger partial charge in [-0.3, -0.25) is 18.9 Å². The van der Waals surface area contributed by atoms with Crippen molar-refractivity contribution < 1.29 is 71.5 Å². The molecular weight excluding hydrogens is 1100 g/mol. The van der Waals surface area contributed by atoms with Gasteiger partial charge in [-0.2, -0.15) is 0 Å². The van der Waals surface area contributed by atoms with Crippen LogP contribution >= 0.6 is 7.82 Å². The van der Waals surface area contributed by atoms with Crippen LogP contribution in [0, 0.1) is 5.92 Å². The minimum atomic E-state index is -5.30. The summed E-state index contributed by atoms with van der Waals surface area (Å²) in [5.41, 5.74) is 0. The summed E-state index contributed by atoms with van der Waals surface area (Å²) in [6.45, 7) is 11.1. The van der Waals surface area contributed by atoms with Gasteiger partial charge in [0.25, 0.3) is 0 Å². The van der Waals surface area contributed by atoms with Gasteiger partial charge < -0.3 is 58.7 Å². The fourth-order valence-corrected chi connectivity index (χ4v) is 12.1. The summed E-state index contributed by atoms with van der Waals surface area (Å²) in [5.74, 6) is -1.43. The number of allylic oxidation sites excluding steroid dienone is 2. The number of nitrogens with one attached hydrogen (secondary N) is 2. The summed E-state index contributed by atoms with van der Waals surface area (Å²) in [4.78, 5) is 61.3. The van der Waals surface area contributed by atoms with Gasteiger partial charge in [0.2, 0.25) is 11.8 Å². The zero-order valence-electron chi connectivity index (χ0n) is 54.8. The molecule has 2 saturated heterocycles. The first-order chi connectivity index (χ1) is 41.2. The smallest absolute Gasteiger partial charge is 0.388 e. The van der Waals surface area contributed by atoms with E-state index in [1.807, 2.05) is 6.92 Å². The van der Waals surface area contributed by atoms with Crippen molar-refractivity contribution in [1.82, 2.24) is 10.6 Å². The van der Waals surface area contributed by atoms with E-state index >= 15 is 0 Å². The normalized spacial score (nSPS) is 23.2. The van der Waals surface area contributed by atoms with E-state index in [0.717, 1.165) is 96.3 Å². The van der Waals surface area contributed by atoms with Crippen LogP contribution in [0.25, 0.3) is 0 Å². The van der Waals surface area contributed by atoms with Gasteiger partial charge in [0.05, 0.1) is 37.9 Å². The van der Waals surface area contributed by atoms with E-state index in [0.29, 0.717) is 38.7 Å². The van der Waals surface area contributed by atoms with Crippen molar-refractivity contribution in [2.75, 3.05) is 40.6 Å². The molecular formula is C67H127N2O15P. The van der Waals surface area contributed by atoms with Crippen LogP contribution in [0.4, 0.5) is 0 Å². The summed E-state index contributed by atoms with van der Waals surface area (Å²) in [6, 6.07) is -2.25. The molecule has 2 aliphatic heterocycles. The lowest BCUT2D eigenvalue weighted by Crippen LogP contribution is -2.66. The van der Waals surface area contributed by atoms with Gasteiger partial charge in [-0.25, -0.2) is 4.57 Å². The number of hydrogen-bond acceptors (Lipinski definition) is 13. The minimum absolute atomic E-state index is 0.00817.